The zero-order valence-electron chi connectivity index (χ0n) is 17.0. The van der Waals surface area contributed by atoms with Crippen molar-refractivity contribution in [3.63, 3.8) is 0 Å². The minimum absolute atomic E-state index is 0.195. The lowest BCUT2D eigenvalue weighted by Gasteiger charge is -2.28. The summed E-state index contributed by atoms with van der Waals surface area (Å²) in [6, 6.07) is 16.4. The molecule has 0 radical (unpaired) electrons. The predicted molar refractivity (Wildman–Crippen MR) is 110 cm³/mol. The summed E-state index contributed by atoms with van der Waals surface area (Å²) in [7, 11) is 5.13. The summed E-state index contributed by atoms with van der Waals surface area (Å²) >= 11 is 0. The number of nitrogens with zero attached hydrogens (tertiary/aromatic N) is 2. The van der Waals surface area contributed by atoms with Crippen LogP contribution in [0.3, 0.4) is 0 Å². The molecule has 0 fully saturated rings. The van der Waals surface area contributed by atoms with Crippen LogP contribution in [0.4, 0.5) is 5.82 Å². The molecule has 1 atom stereocenters. The van der Waals surface area contributed by atoms with Crippen molar-refractivity contribution in [1.82, 2.24) is 10.1 Å². The van der Waals surface area contributed by atoms with E-state index >= 15 is 0 Å². The number of aryl methyl sites for hydroxylation is 1. The molecule has 3 aromatic rings. The van der Waals surface area contributed by atoms with Crippen LogP contribution in [-0.4, -0.2) is 37.2 Å². The Labute approximate surface area is 170 Å². The molecule has 152 valence electrons. The molecule has 3 rings (SSSR count). The van der Waals surface area contributed by atoms with Crippen molar-refractivity contribution in [3.8, 4) is 11.5 Å². The van der Waals surface area contributed by atoms with Gasteiger partial charge in [-0.25, -0.2) is 0 Å². The van der Waals surface area contributed by atoms with Crippen molar-refractivity contribution >= 4 is 11.7 Å². The quantitative estimate of drug-likeness (QED) is 0.625. The fraction of sp³-hybridized carbons (Fsp3) is 0.273. The average molecular weight is 395 g/mol. The maximum Gasteiger partial charge on any atom is 0.247 e. The topological polar surface area (TPSA) is 76.8 Å². The van der Waals surface area contributed by atoms with E-state index in [-0.39, 0.29) is 5.91 Å². The van der Waals surface area contributed by atoms with Gasteiger partial charge in [0, 0.05) is 24.2 Å². The predicted octanol–water partition coefficient (Wildman–Crippen LogP) is 3.81. The van der Waals surface area contributed by atoms with Crippen LogP contribution in [0.2, 0.25) is 0 Å². The van der Waals surface area contributed by atoms with Crippen LogP contribution in [0.25, 0.3) is 0 Å². The van der Waals surface area contributed by atoms with Gasteiger partial charge in [0.25, 0.3) is 0 Å². The Bertz CT molecular complexity index is 956. The summed E-state index contributed by atoms with van der Waals surface area (Å²) in [5.41, 5.74) is 1.82. The summed E-state index contributed by atoms with van der Waals surface area (Å²) in [6.07, 6.45) is 0. The standard InChI is InChI=1S/C22H25N3O4/c1-15-12-20(24-29-15)23-22(26)21(16-8-6-5-7-9-16)25(2)14-17-10-11-18(27-3)13-19(17)28-4/h5-13,21H,14H2,1-4H3,(H,23,24,26)/t21-/m0/s1. The number of hydrogen-bond donors (Lipinski definition) is 1. The van der Waals surface area contributed by atoms with Crippen LogP contribution in [-0.2, 0) is 11.3 Å². The SMILES string of the molecule is COc1ccc(CN(C)[C@H](C(=O)Nc2cc(C)on2)c2ccccc2)c(OC)c1. The molecule has 1 amide bonds. The zero-order valence-corrected chi connectivity index (χ0v) is 17.0. The molecule has 0 spiro atoms. The van der Waals surface area contributed by atoms with Gasteiger partial charge in [0.15, 0.2) is 5.82 Å². The second-order valence-corrected chi connectivity index (χ2v) is 6.72. The third-order valence-electron chi connectivity index (χ3n) is 4.60. The Morgan fingerprint density at radius 1 is 1.14 bits per heavy atom. The average Bonchev–Trinajstić information content (AvgIpc) is 3.13. The normalized spacial score (nSPS) is 11.9. The van der Waals surface area contributed by atoms with E-state index in [1.165, 1.54) is 0 Å². The molecule has 0 saturated carbocycles. The summed E-state index contributed by atoms with van der Waals surface area (Å²) in [5, 5.41) is 6.70. The third-order valence-corrected chi connectivity index (χ3v) is 4.60. The van der Waals surface area contributed by atoms with Gasteiger partial charge in [-0.1, -0.05) is 41.6 Å². The second kappa shape index (κ2) is 9.25. The van der Waals surface area contributed by atoms with Crippen LogP contribution in [0.5, 0.6) is 11.5 Å². The largest absolute Gasteiger partial charge is 0.497 e. The Kier molecular flexibility index (Phi) is 6.51. The number of nitrogens with one attached hydrogen (secondary N) is 1. The summed E-state index contributed by atoms with van der Waals surface area (Å²) in [5.74, 6) is 2.25. The van der Waals surface area contributed by atoms with Gasteiger partial charge in [-0.05, 0) is 25.6 Å². The molecule has 1 heterocycles. The Hall–Kier alpha value is -3.32. The van der Waals surface area contributed by atoms with Gasteiger partial charge < -0.3 is 19.3 Å². The van der Waals surface area contributed by atoms with Gasteiger partial charge in [0.05, 0.1) is 14.2 Å². The molecule has 0 aliphatic carbocycles. The van der Waals surface area contributed by atoms with Crippen LogP contribution in [0.15, 0.2) is 59.1 Å². The van der Waals surface area contributed by atoms with Crippen molar-refractivity contribution in [2.75, 3.05) is 26.6 Å². The van der Waals surface area contributed by atoms with E-state index in [1.54, 1.807) is 27.2 Å². The molecule has 0 unspecified atom stereocenters. The zero-order chi connectivity index (χ0) is 20.8. The fourth-order valence-corrected chi connectivity index (χ4v) is 3.20. The van der Waals surface area contributed by atoms with Crippen LogP contribution >= 0.6 is 0 Å². The number of likely N-dealkylation sites (N-methyl/N-ethyl adjacent to an activating group) is 1. The number of amides is 1. The van der Waals surface area contributed by atoms with Gasteiger partial charge in [0.2, 0.25) is 5.91 Å². The molecule has 0 aliphatic heterocycles. The molecule has 0 aliphatic rings. The Morgan fingerprint density at radius 3 is 2.52 bits per heavy atom. The highest BCUT2D eigenvalue weighted by atomic mass is 16.5. The Morgan fingerprint density at radius 2 is 1.90 bits per heavy atom. The van der Waals surface area contributed by atoms with E-state index in [2.05, 4.69) is 10.5 Å². The third kappa shape index (κ3) is 4.94. The number of aromatic nitrogens is 1. The molecule has 2 aromatic carbocycles. The number of anilines is 1. The number of carbonyl (C=O) groups excluding carboxylic acids is 1. The first-order valence-corrected chi connectivity index (χ1v) is 9.22. The highest BCUT2D eigenvalue weighted by Gasteiger charge is 2.26. The van der Waals surface area contributed by atoms with Crippen LogP contribution < -0.4 is 14.8 Å². The van der Waals surface area contributed by atoms with E-state index in [0.717, 1.165) is 11.1 Å². The number of carbonyl (C=O) groups is 1. The van der Waals surface area contributed by atoms with E-state index in [9.17, 15) is 4.79 Å². The van der Waals surface area contributed by atoms with Crippen LogP contribution in [0.1, 0.15) is 22.9 Å². The summed E-state index contributed by atoms with van der Waals surface area (Å²) in [6.45, 7) is 2.28. The lowest BCUT2D eigenvalue weighted by Crippen LogP contribution is -2.34. The highest BCUT2D eigenvalue weighted by molar-refractivity contribution is 5.94. The number of hydrogen-bond acceptors (Lipinski definition) is 6. The molecule has 0 bridgehead atoms. The van der Waals surface area contributed by atoms with E-state index in [0.29, 0.717) is 29.6 Å². The maximum absolute atomic E-state index is 13.1. The minimum Gasteiger partial charge on any atom is -0.497 e. The molecular formula is C22H25N3O4. The lowest BCUT2D eigenvalue weighted by molar-refractivity contribution is -0.121. The molecule has 7 heteroatoms. The first-order valence-electron chi connectivity index (χ1n) is 9.22. The maximum atomic E-state index is 13.1. The van der Waals surface area contributed by atoms with E-state index in [1.807, 2.05) is 60.5 Å². The Balaban J connectivity index is 1.86. The number of rotatable bonds is 8. The molecule has 7 nitrogen and oxygen atoms in total. The fourth-order valence-electron chi connectivity index (χ4n) is 3.20. The molecular weight excluding hydrogens is 370 g/mol. The van der Waals surface area contributed by atoms with Gasteiger partial charge in [-0.15, -0.1) is 0 Å². The van der Waals surface area contributed by atoms with E-state index < -0.39 is 6.04 Å². The molecule has 29 heavy (non-hydrogen) atoms. The molecule has 1 N–H and O–H groups in total. The molecule has 1 aromatic heterocycles. The van der Waals surface area contributed by atoms with Gasteiger partial charge in [-0.3, -0.25) is 9.69 Å². The number of ether oxygens (including phenoxy) is 2. The number of benzene rings is 2. The van der Waals surface area contributed by atoms with Gasteiger partial charge in [0.1, 0.15) is 23.3 Å². The van der Waals surface area contributed by atoms with E-state index in [4.69, 9.17) is 14.0 Å². The van der Waals surface area contributed by atoms with Crippen molar-refractivity contribution in [1.29, 1.82) is 0 Å². The van der Waals surface area contributed by atoms with Gasteiger partial charge >= 0.3 is 0 Å². The van der Waals surface area contributed by atoms with Crippen molar-refractivity contribution < 1.29 is 18.8 Å². The summed E-state index contributed by atoms with van der Waals surface area (Å²) < 4.78 is 15.8. The second-order valence-electron chi connectivity index (χ2n) is 6.72. The minimum atomic E-state index is -0.528. The van der Waals surface area contributed by atoms with Crippen LogP contribution in [0, 0.1) is 6.92 Å². The first kappa shape index (κ1) is 20.4. The molecule has 0 saturated heterocycles. The van der Waals surface area contributed by atoms with Crippen molar-refractivity contribution in [2.45, 2.75) is 19.5 Å². The van der Waals surface area contributed by atoms with Gasteiger partial charge in [-0.2, -0.15) is 0 Å². The number of methoxy groups -OCH3 is 2. The monoisotopic (exact) mass is 395 g/mol. The first-order chi connectivity index (χ1) is 14.0. The van der Waals surface area contributed by atoms with Crippen molar-refractivity contribution in [3.05, 3.63) is 71.5 Å². The van der Waals surface area contributed by atoms with Crippen molar-refractivity contribution in [2.24, 2.45) is 0 Å². The highest BCUT2D eigenvalue weighted by Crippen LogP contribution is 2.29. The smallest absolute Gasteiger partial charge is 0.247 e. The lowest BCUT2D eigenvalue weighted by atomic mass is 10.0. The summed E-state index contributed by atoms with van der Waals surface area (Å²) in [4.78, 5) is 15.1.